The zero-order valence-electron chi connectivity index (χ0n) is 18.9. The lowest BCUT2D eigenvalue weighted by molar-refractivity contribution is -0.135. The van der Waals surface area contributed by atoms with Gasteiger partial charge in [0.15, 0.2) is 0 Å². The van der Waals surface area contributed by atoms with Gasteiger partial charge in [0.05, 0.1) is 17.5 Å². The first-order valence-electron chi connectivity index (χ1n) is 11.4. The van der Waals surface area contributed by atoms with E-state index in [0.717, 1.165) is 52.9 Å². The third-order valence-corrected chi connectivity index (χ3v) is 8.45. The number of anilines is 2. The van der Waals surface area contributed by atoms with Crippen LogP contribution in [0.5, 0.6) is 0 Å². The number of fused-ring (bicyclic) bond motifs is 7. The molecule has 1 spiro atoms. The number of carbonyl (C=O) groups excluding carboxylic acids is 3. The summed E-state index contributed by atoms with van der Waals surface area (Å²) < 4.78 is 0. The number of aryl methyl sites for hydroxylation is 3. The number of rotatable bonds is 1. The summed E-state index contributed by atoms with van der Waals surface area (Å²) in [6.45, 7) is 8.74. The van der Waals surface area contributed by atoms with Gasteiger partial charge >= 0.3 is 0 Å². The fourth-order valence-electron chi connectivity index (χ4n) is 6.64. The summed E-state index contributed by atoms with van der Waals surface area (Å²) in [5.74, 6) is -1.78. The van der Waals surface area contributed by atoms with Gasteiger partial charge in [-0.05, 0) is 81.5 Å². The van der Waals surface area contributed by atoms with Crippen molar-refractivity contribution in [1.29, 1.82) is 0 Å². The topological polar surface area (TPSA) is 69.7 Å². The average molecular weight is 430 g/mol. The molecule has 2 aromatic carbocycles. The van der Waals surface area contributed by atoms with Crippen LogP contribution in [0, 0.1) is 39.5 Å². The summed E-state index contributed by atoms with van der Waals surface area (Å²) in [5, 5.41) is 3.11. The van der Waals surface area contributed by atoms with E-state index >= 15 is 0 Å². The second kappa shape index (κ2) is 6.29. The number of carbonyl (C=O) groups is 3. The molecule has 0 aromatic heterocycles. The largest absolute Gasteiger partial charge is 0.324 e. The maximum atomic E-state index is 14.0. The molecule has 6 heteroatoms. The SMILES string of the molecule is Cc1ccc(N2C(=O)[C@H]3[C@H]4CCCN4[C@@]4(C(=O)Nc5c4ccc(C)c5C)[C@@H]3C2=O)cc1C. The molecule has 2 aromatic rings. The van der Waals surface area contributed by atoms with E-state index in [9.17, 15) is 14.4 Å². The molecule has 3 amide bonds. The molecule has 0 bridgehead atoms. The molecule has 32 heavy (non-hydrogen) atoms. The maximum Gasteiger partial charge on any atom is 0.250 e. The molecule has 1 N–H and O–H groups in total. The minimum absolute atomic E-state index is 0.0914. The summed E-state index contributed by atoms with van der Waals surface area (Å²) in [5.41, 5.74) is 5.43. The summed E-state index contributed by atoms with van der Waals surface area (Å²) in [6, 6.07) is 9.61. The quantitative estimate of drug-likeness (QED) is 0.706. The normalized spacial score (nSPS) is 30.8. The van der Waals surface area contributed by atoms with Crippen molar-refractivity contribution in [3.63, 3.8) is 0 Å². The summed E-state index contributed by atoms with van der Waals surface area (Å²) >= 11 is 0. The van der Waals surface area contributed by atoms with Crippen molar-refractivity contribution in [2.75, 3.05) is 16.8 Å². The van der Waals surface area contributed by atoms with Crippen LogP contribution in [0.3, 0.4) is 0 Å². The Kier molecular flexibility index (Phi) is 3.87. The van der Waals surface area contributed by atoms with Gasteiger partial charge in [0, 0.05) is 17.3 Å². The fraction of sp³-hybridized carbons (Fsp3) is 0.423. The Morgan fingerprint density at radius 3 is 2.44 bits per heavy atom. The predicted octanol–water partition coefficient (Wildman–Crippen LogP) is 3.35. The first-order chi connectivity index (χ1) is 15.3. The predicted molar refractivity (Wildman–Crippen MR) is 121 cm³/mol. The minimum Gasteiger partial charge on any atom is -0.324 e. The molecular weight excluding hydrogens is 402 g/mol. The second-order valence-electron chi connectivity index (χ2n) is 9.84. The number of benzene rings is 2. The van der Waals surface area contributed by atoms with E-state index in [-0.39, 0.29) is 23.8 Å². The summed E-state index contributed by atoms with van der Waals surface area (Å²) in [4.78, 5) is 45.0. The highest BCUT2D eigenvalue weighted by molar-refractivity contribution is 6.26. The Balaban J connectivity index is 1.56. The molecule has 164 valence electrons. The van der Waals surface area contributed by atoms with Gasteiger partial charge in [0.2, 0.25) is 17.7 Å². The van der Waals surface area contributed by atoms with E-state index < -0.39 is 17.4 Å². The van der Waals surface area contributed by atoms with Crippen molar-refractivity contribution in [3.05, 3.63) is 58.1 Å². The Hall–Kier alpha value is -2.99. The lowest BCUT2D eigenvalue weighted by Crippen LogP contribution is -2.54. The van der Waals surface area contributed by atoms with Crippen LogP contribution in [0.1, 0.15) is 40.7 Å². The smallest absolute Gasteiger partial charge is 0.250 e. The van der Waals surface area contributed by atoms with Crippen molar-refractivity contribution >= 4 is 29.1 Å². The van der Waals surface area contributed by atoms with Crippen LogP contribution in [0.2, 0.25) is 0 Å². The molecule has 0 radical (unpaired) electrons. The van der Waals surface area contributed by atoms with Gasteiger partial charge in [-0.1, -0.05) is 18.2 Å². The highest BCUT2D eigenvalue weighted by Crippen LogP contribution is 2.61. The fourth-order valence-corrected chi connectivity index (χ4v) is 6.64. The van der Waals surface area contributed by atoms with Gasteiger partial charge in [-0.25, -0.2) is 4.90 Å². The molecular formula is C26H27N3O3. The third-order valence-electron chi connectivity index (χ3n) is 8.45. The van der Waals surface area contributed by atoms with Crippen molar-refractivity contribution < 1.29 is 14.4 Å². The number of hydrogen-bond donors (Lipinski definition) is 1. The molecule has 6 nitrogen and oxygen atoms in total. The van der Waals surface area contributed by atoms with E-state index in [0.29, 0.717) is 5.69 Å². The standard InChI is InChI=1S/C26H27N3O3/c1-13-7-9-17(12-15(13)3)29-23(30)20-19-6-5-11-28(19)26(21(20)24(29)31)18-10-8-14(2)16(4)22(18)27-25(26)32/h7-10,12,19-21H,5-6,11H2,1-4H3,(H,27,32)/t19-,20+,21+,26-/m1/s1. The van der Waals surface area contributed by atoms with Crippen LogP contribution in [0.4, 0.5) is 11.4 Å². The van der Waals surface area contributed by atoms with Crippen LogP contribution in [0.25, 0.3) is 0 Å². The first kappa shape index (κ1) is 19.7. The molecule has 0 unspecified atom stereocenters. The molecule has 4 aliphatic heterocycles. The second-order valence-corrected chi connectivity index (χ2v) is 9.84. The van der Waals surface area contributed by atoms with Gasteiger partial charge in [-0.2, -0.15) is 0 Å². The Morgan fingerprint density at radius 2 is 1.69 bits per heavy atom. The minimum atomic E-state index is -1.11. The average Bonchev–Trinajstić information content (AvgIpc) is 3.46. The van der Waals surface area contributed by atoms with Gasteiger partial charge in [-0.15, -0.1) is 0 Å². The molecule has 3 fully saturated rings. The van der Waals surface area contributed by atoms with E-state index in [4.69, 9.17) is 0 Å². The van der Waals surface area contributed by atoms with Gasteiger partial charge in [0.25, 0.3) is 0 Å². The molecule has 4 heterocycles. The summed E-state index contributed by atoms with van der Waals surface area (Å²) in [6.07, 6.45) is 1.75. The van der Waals surface area contributed by atoms with E-state index in [1.54, 1.807) is 0 Å². The molecule has 3 saturated heterocycles. The van der Waals surface area contributed by atoms with Crippen LogP contribution in [-0.4, -0.2) is 35.2 Å². The van der Waals surface area contributed by atoms with Crippen LogP contribution >= 0.6 is 0 Å². The number of hydrogen-bond acceptors (Lipinski definition) is 4. The molecule has 0 aliphatic carbocycles. The lowest BCUT2D eigenvalue weighted by Gasteiger charge is -2.36. The monoisotopic (exact) mass is 429 g/mol. The Bertz CT molecular complexity index is 1240. The van der Waals surface area contributed by atoms with Gasteiger partial charge in [-0.3, -0.25) is 19.3 Å². The highest BCUT2D eigenvalue weighted by Gasteiger charge is 2.74. The maximum absolute atomic E-state index is 14.0. The number of imide groups is 1. The van der Waals surface area contributed by atoms with E-state index in [2.05, 4.69) is 10.2 Å². The van der Waals surface area contributed by atoms with Crippen molar-refractivity contribution in [2.45, 2.75) is 52.1 Å². The van der Waals surface area contributed by atoms with Gasteiger partial charge in [0.1, 0.15) is 5.54 Å². The van der Waals surface area contributed by atoms with Crippen LogP contribution in [0.15, 0.2) is 30.3 Å². The van der Waals surface area contributed by atoms with E-state index in [1.165, 1.54) is 4.90 Å². The highest BCUT2D eigenvalue weighted by atomic mass is 16.2. The number of nitrogens with zero attached hydrogens (tertiary/aromatic N) is 2. The van der Waals surface area contributed by atoms with Crippen molar-refractivity contribution in [2.24, 2.45) is 11.8 Å². The number of nitrogens with one attached hydrogen (secondary N) is 1. The van der Waals surface area contributed by atoms with Crippen molar-refractivity contribution in [1.82, 2.24) is 4.90 Å². The Labute approximate surface area is 187 Å². The zero-order chi connectivity index (χ0) is 22.5. The summed E-state index contributed by atoms with van der Waals surface area (Å²) in [7, 11) is 0. The first-order valence-corrected chi connectivity index (χ1v) is 11.4. The molecule has 6 rings (SSSR count). The van der Waals surface area contributed by atoms with Crippen LogP contribution in [-0.2, 0) is 19.9 Å². The number of amides is 3. The third kappa shape index (κ3) is 2.11. The van der Waals surface area contributed by atoms with Crippen molar-refractivity contribution in [3.8, 4) is 0 Å². The molecule has 0 saturated carbocycles. The van der Waals surface area contributed by atoms with Crippen LogP contribution < -0.4 is 10.2 Å². The van der Waals surface area contributed by atoms with E-state index in [1.807, 2.05) is 58.0 Å². The lowest BCUT2D eigenvalue weighted by atomic mass is 9.75. The molecule has 4 atom stereocenters. The van der Waals surface area contributed by atoms with Gasteiger partial charge < -0.3 is 5.32 Å². The zero-order valence-corrected chi connectivity index (χ0v) is 18.9. The Morgan fingerprint density at radius 1 is 0.938 bits per heavy atom. The molecule has 4 aliphatic rings.